The lowest BCUT2D eigenvalue weighted by molar-refractivity contribution is -0.245. The van der Waals surface area contributed by atoms with Crippen LogP contribution in [0.3, 0.4) is 0 Å². The van der Waals surface area contributed by atoms with Crippen LogP contribution in [0.4, 0.5) is 0 Å². The van der Waals surface area contributed by atoms with Gasteiger partial charge in [0.05, 0.1) is 12.3 Å². The number of carbonyl (C=O) groups excluding carboxylic acids is 2. The van der Waals surface area contributed by atoms with Gasteiger partial charge in [0.25, 0.3) is 0 Å². The van der Waals surface area contributed by atoms with E-state index in [0.29, 0.717) is 6.42 Å². The summed E-state index contributed by atoms with van der Waals surface area (Å²) in [6.07, 6.45) is 20.4. The van der Waals surface area contributed by atoms with Crippen LogP contribution in [0.2, 0.25) is 0 Å². The summed E-state index contributed by atoms with van der Waals surface area (Å²) in [4.78, 5) is 29.7. The Morgan fingerprint density at radius 2 is 1.04 bits per heavy atom. The smallest absolute Gasteiger partial charge is 0.301 e. The highest BCUT2D eigenvalue weighted by Crippen LogP contribution is 2.18. The molecule has 28 heavy (non-hydrogen) atoms. The average Bonchev–Trinajstić information content (AvgIpc) is 2.71. The topological polar surface area (TPSA) is 93.1 Å². The van der Waals surface area contributed by atoms with Crippen molar-refractivity contribution in [2.75, 3.05) is 0 Å². The minimum absolute atomic E-state index is 0.283. The molecule has 0 aromatic heterocycles. The standard InChI is InChI=1S/C22H42O6/c1-2-3-4-5-6-7-8-9-10-11-12-13-14-15-16-17-18-20(22(24)28-26)19-21(23)27-25/h20,25-26H,2-19H2,1H3. The molecule has 0 aliphatic rings. The van der Waals surface area contributed by atoms with Crippen LogP contribution in [0, 0.1) is 5.92 Å². The maximum absolute atomic E-state index is 11.4. The van der Waals surface area contributed by atoms with E-state index in [4.69, 9.17) is 10.5 Å². The van der Waals surface area contributed by atoms with Gasteiger partial charge in [0.1, 0.15) is 0 Å². The molecule has 0 bridgehead atoms. The van der Waals surface area contributed by atoms with Gasteiger partial charge in [0, 0.05) is 0 Å². The van der Waals surface area contributed by atoms with Crippen molar-refractivity contribution in [1.29, 1.82) is 0 Å². The predicted molar refractivity (Wildman–Crippen MR) is 110 cm³/mol. The molecule has 0 aliphatic heterocycles. The minimum Gasteiger partial charge on any atom is -0.301 e. The Bertz CT molecular complexity index is 372. The maximum Gasteiger partial charge on any atom is 0.345 e. The molecule has 6 heteroatoms. The number of hydrogen-bond acceptors (Lipinski definition) is 6. The van der Waals surface area contributed by atoms with Crippen molar-refractivity contribution in [3.63, 3.8) is 0 Å². The van der Waals surface area contributed by atoms with Crippen LogP contribution in [0.5, 0.6) is 0 Å². The van der Waals surface area contributed by atoms with Gasteiger partial charge in [-0.2, -0.15) is 10.5 Å². The number of unbranched alkanes of at least 4 members (excludes halogenated alkanes) is 15. The summed E-state index contributed by atoms with van der Waals surface area (Å²) < 4.78 is 0. The maximum atomic E-state index is 11.4. The van der Waals surface area contributed by atoms with Crippen molar-refractivity contribution in [3.05, 3.63) is 0 Å². The lowest BCUT2D eigenvalue weighted by Crippen LogP contribution is -2.20. The van der Waals surface area contributed by atoms with Gasteiger partial charge in [-0.15, -0.1) is 0 Å². The molecule has 166 valence electrons. The van der Waals surface area contributed by atoms with Gasteiger partial charge in [-0.25, -0.2) is 9.59 Å². The third-order valence-electron chi connectivity index (χ3n) is 5.34. The molecule has 0 aliphatic carbocycles. The second-order valence-electron chi connectivity index (χ2n) is 7.87. The Labute approximate surface area is 170 Å². The van der Waals surface area contributed by atoms with E-state index in [-0.39, 0.29) is 6.42 Å². The molecule has 0 heterocycles. The lowest BCUT2D eigenvalue weighted by Gasteiger charge is -2.11. The van der Waals surface area contributed by atoms with Gasteiger partial charge in [-0.3, -0.25) is 0 Å². The summed E-state index contributed by atoms with van der Waals surface area (Å²) in [5, 5.41) is 16.7. The van der Waals surface area contributed by atoms with E-state index in [1.165, 1.54) is 83.5 Å². The van der Waals surface area contributed by atoms with E-state index >= 15 is 0 Å². The summed E-state index contributed by atoms with van der Waals surface area (Å²) in [5.74, 6) is -2.52. The van der Waals surface area contributed by atoms with Crippen molar-refractivity contribution >= 4 is 11.9 Å². The van der Waals surface area contributed by atoms with E-state index in [0.717, 1.165) is 19.3 Å². The molecule has 0 saturated heterocycles. The van der Waals surface area contributed by atoms with Gasteiger partial charge in [0.15, 0.2) is 0 Å². The highest BCUT2D eigenvalue weighted by Gasteiger charge is 2.24. The molecule has 0 saturated carbocycles. The summed E-state index contributed by atoms with van der Waals surface area (Å²) in [7, 11) is 0. The van der Waals surface area contributed by atoms with E-state index in [2.05, 4.69) is 16.7 Å². The minimum atomic E-state index is -0.896. The Kier molecular flexibility index (Phi) is 19.8. The zero-order chi connectivity index (χ0) is 20.9. The van der Waals surface area contributed by atoms with E-state index in [1.54, 1.807) is 0 Å². The Morgan fingerprint density at radius 3 is 1.39 bits per heavy atom. The molecule has 0 radical (unpaired) electrons. The van der Waals surface area contributed by atoms with Gasteiger partial charge in [-0.05, 0) is 6.42 Å². The fourth-order valence-corrected chi connectivity index (χ4v) is 3.56. The molecule has 0 aromatic rings. The molecule has 0 amide bonds. The van der Waals surface area contributed by atoms with Crippen LogP contribution in [0.25, 0.3) is 0 Å². The first-order chi connectivity index (χ1) is 13.7. The first kappa shape index (κ1) is 26.9. The fourth-order valence-electron chi connectivity index (χ4n) is 3.56. The fraction of sp³-hybridized carbons (Fsp3) is 0.909. The lowest BCUT2D eigenvalue weighted by atomic mass is 9.97. The molecule has 0 fully saturated rings. The quantitative estimate of drug-likeness (QED) is 0.134. The van der Waals surface area contributed by atoms with E-state index in [9.17, 15) is 9.59 Å². The molecule has 1 unspecified atom stereocenters. The van der Waals surface area contributed by atoms with Crippen LogP contribution in [-0.2, 0) is 19.4 Å². The molecular weight excluding hydrogens is 360 g/mol. The third kappa shape index (κ3) is 17.0. The summed E-state index contributed by atoms with van der Waals surface area (Å²) in [5.41, 5.74) is 0. The Morgan fingerprint density at radius 1 is 0.643 bits per heavy atom. The van der Waals surface area contributed by atoms with Crippen LogP contribution >= 0.6 is 0 Å². The number of rotatable bonds is 20. The van der Waals surface area contributed by atoms with E-state index in [1.807, 2.05) is 0 Å². The van der Waals surface area contributed by atoms with Crippen molar-refractivity contribution in [1.82, 2.24) is 0 Å². The monoisotopic (exact) mass is 402 g/mol. The highest BCUT2D eigenvalue weighted by atomic mass is 17.1. The first-order valence-electron chi connectivity index (χ1n) is 11.3. The van der Waals surface area contributed by atoms with Crippen LogP contribution in [-0.4, -0.2) is 22.5 Å². The Hall–Kier alpha value is -1.14. The Balaban J connectivity index is 3.42. The average molecular weight is 403 g/mol. The summed E-state index contributed by atoms with van der Waals surface area (Å²) in [6.45, 7) is 2.26. The molecule has 0 rings (SSSR count). The van der Waals surface area contributed by atoms with Crippen molar-refractivity contribution < 1.29 is 29.9 Å². The number of carbonyl (C=O) groups is 2. The van der Waals surface area contributed by atoms with E-state index < -0.39 is 17.9 Å². The van der Waals surface area contributed by atoms with Crippen molar-refractivity contribution in [2.24, 2.45) is 5.92 Å². The van der Waals surface area contributed by atoms with Gasteiger partial charge >= 0.3 is 11.9 Å². The second kappa shape index (κ2) is 20.6. The predicted octanol–water partition coefficient (Wildman–Crippen LogP) is 6.68. The molecule has 0 spiro atoms. The van der Waals surface area contributed by atoms with Gasteiger partial charge in [0.2, 0.25) is 0 Å². The SMILES string of the molecule is CCCCCCCCCCCCCCCCCCC(CC(=O)OO)C(=O)OO. The zero-order valence-corrected chi connectivity index (χ0v) is 17.8. The molecule has 1 atom stereocenters. The molecule has 0 aromatic carbocycles. The molecule has 6 nitrogen and oxygen atoms in total. The highest BCUT2D eigenvalue weighted by molar-refractivity contribution is 5.79. The summed E-state index contributed by atoms with van der Waals surface area (Å²) in [6, 6.07) is 0. The summed E-state index contributed by atoms with van der Waals surface area (Å²) >= 11 is 0. The molecule has 2 N–H and O–H groups in total. The molecular formula is C22H42O6. The normalized spacial score (nSPS) is 12.0. The van der Waals surface area contributed by atoms with Crippen molar-refractivity contribution in [3.8, 4) is 0 Å². The third-order valence-corrected chi connectivity index (χ3v) is 5.34. The van der Waals surface area contributed by atoms with Crippen molar-refractivity contribution in [2.45, 2.75) is 122 Å². The largest absolute Gasteiger partial charge is 0.345 e. The van der Waals surface area contributed by atoms with Crippen LogP contribution < -0.4 is 0 Å². The van der Waals surface area contributed by atoms with Gasteiger partial charge < -0.3 is 9.78 Å². The second-order valence-corrected chi connectivity index (χ2v) is 7.87. The van der Waals surface area contributed by atoms with Gasteiger partial charge in [-0.1, -0.05) is 110 Å². The zero-order valence-electron chi connectivity index (χ0n) is 17.8. The number of hydrogen-bond donors (Lipinski definition) is 2. The van der Waals surface area contributed by atoms with Crippen LogP contribution in [0.15, 0.2) is 0 Å². The first-order valence-corrected chi connectivity index (χ1v) is 11.3. The van der Waals surface area contributed by atoms with Crippen LogP contribution in [0.1, 0.15) is 122 Å².